The van der Waals surface area contributed by atoms with Crippen LogP contribution in [0, 0.1) is 12.8 Å². The number of carbonyl (C=O) groups is 1. The third-order valence-electron chi connectivity index (χ3n) is 4.97. The molecule has 1 unspecified atom stereocenters. The first kappa shape index (κ1) is 16.7. The molecule has 1 atom stereocenters. The van der Waals surface area contributed by atoms with Crippen molar-refractivity contribution in [2.75, 3.05) is 13.1 Å². The van der Waals surface area contributed by atoms with Crippen LogP contribution in [0.25, 0.3) is 0 Å². The molecule has 0 N–H and O–H groups in total. The lowest BCUT2D eigenvalue weighted by atomic mass is 9.94. The number of imidazole rings is 1. The average Bonchev–Trinajstić information content (AvgIpc) is 2.95. The summed E-state index contributed by atoms with van der Waals surface area (Å²) >= 11 is 0. The summed E-state index contributed by atoms with van der Waals surface area (Å²) in [4.78, 5) is 18.7. The van der Waals surface area contributed by atoms with Crippen LogP contribution >= 0.6 is 0 Å². The Balaban J connectivity index is 1.70. The van der Waals surface area contributed by atoms with Crippen LogP contribution < -0.4 is 0 Å². The van der Waals surface area contributed by atoms with Crippen molar-refractivity contribution in [1.82, 2.24) is 14.5 Å². The molecule has 1 saturated heterocycles. The third kappa shape index (κ3) is 3.86. The second-order valence-electron chi connectivity index (χ2n) is 6.79. The molecule has 0 saturated carbocycles. The maximum Gasteiger partial charge on any atom is 0.222 e. The van der Waals surface area contributed by atoms with Crippen LogP contribution in [0.2, 0.25) is 0 Å². The molecule has 0 aliphatic carbocycles. The van der Waals surface area contributed by atoms with Gasteiger partial charge < -0.3 is 9.47 Å². The molecule has 0 radical (unpaired) electrons. The predicted octanol–water partition coefficient (Wildman–Crippen LogP) is 3.43. The number of rotatable bonds is 5. The summed E-state index contributed by atoms with van der Waals surface area (Å²) < 4.78 is 2.32. The molecule has 2 heterocycles. The second-order valence-corrected chi connectivity index (χ2v) is 6.79. The van der Waals surface area contributed by atoms with Gasteiger partial charge in [0.15, 0.2) is 0 Å². The summed E-state index contributed by atoms with van der Waals surface area (Å²) in [6.45, 7) is 6.73. The maximum absolute atomic E-state index is 12.0. The van der Waals surface area contributed by atoms with Gasteiger partial charge in [-0.2, -0.15) is 0 Å². The van der Waals surface area contributed by atoms with Crippen LogP contribution in [-0.4, -0.2) is 33.4 Å². The zero-order valence-corrected chi connectivity index (χ0v) is 14.7. The van der Waals surface area contributed by atoms with Crippen molar-refractivity contribution in [3.8, 4) is 0 Å². The molecular weight excluding hydrogens is 298 g/mol. The zero-order chi connectivity index (χ0) is 16.9. The van der Waals surface area contributed by atoms with E-state index in [2.05, 4.69) is 40.7 Å². The van der Waals surface area contributed by atoms with Crippen LogP contribution in [0.1, 0.15) is 43.3 Å². The lowest BCUT2D eigenvalue weighted by Crippen LogP contribution is -2.40. The van der Waals surface area contributed by atoms with E-state index in [1.165, 1.54) is 17.7 Å². The number of amides is 1. The van der Waals surface area contributed by atoms with E-state index in [-0.39, 0.29) is 5.91 Å². The lowest BCUT2D eigenvalue weighted by Gasteiger charge is -2.32. The van der Waals surface area contributed by atoms with Crippen LogP contribution in [0.15, 0.2) is 36.5 Å². The number of benzene rings is 1. The van der Waals surface area contributed by atoms with Gasteiger partial charge in [-0.05, 0) is 31.2 Å². The molecule has 0 bridgehead atoms. The van der Waals surface area contributed by atoms with Gasteiger partial charge in [-0.25, -0.2) is 4.98 Å². The monoisotopic (exact) mass is 325 g/mol. The van der Waals surface area contributed by atoms with Crippen LogP contribution in [0.3, 0.4) is 0 Å². The zero-order valence-electron chi connectivity index (χ0n) is 14.7. The van der Waals surface area contributed by atoms with E-state index in [1.54, 1.807) is 0 Å². The molecule has 2 aromatic rings. The first-order chi connectivity index (χ1) is 11.7. The fraction of sp³-hybridized carbons (Fsp3) is 0.500. The Labute approximate surface area is 144 Å². The number of likely N-dealkylation sites (tertiary alicyclic amines) is 1. The standard InChI is InChI=1S/C20H27N3O/c1-3-20(24)22-11-7-10-18(14-22)12-19-21-13-16(2)23(19)15-17-8-5-4-6-9-17/h4-6,8-9,13,18H,3,7,10-12,14-15H2,1-2H3. The minimum absolute atomic E-state index is 0.281. The van der Waals surface area contributed by atoms with Gasteiger partial charge in [0.25, 0.3) is 0 Å². The summed E-state index contributed by atoms with van der Waals surface area (Å²) in [6, 6.07) is 10.5. The Morgan fingerprint density at radius 3 is 2.83 bits per heavy atom. The molecule has 128 valence electrons. The third-order valence-corrected chi connectivity index (χ3v) is 4.97. The Bertz CT molecular complexity index is 677. The van der Waals surface area contributed by atoms with Gasteiger partial charge in [0.05, 0.1) is 0 Å². The summed E-state index contributed by atoms with van der Waals surface area (Å²) in [5, 5.41) is 0. The molecule has 1 aromatic carbocycles. The second kappa shape index (κ2) is 7.65. The number of aromatic nitrogens is 2. The Hall–Kier alpha value is -2.10. The van der Waals surface area contributed by atoms with E-state index < -0.39 is 0 Å². The predicted molar refractivity (Wildman–Crippen MR) is 95.8 cm³/mol. The highest BCUT2D eigenvalue weighted by Gasteiger charge is 2.24. The van der Waals surface area contributed by atoms with Crippen LogP contribution in [0.5, 0.6) is 0 Å². The normalized spacial score (nSPS) is 17.9. The summed E-state index contributed by atoms with van der Waals surface area (Å²) in [6.07, 6.45) is 5.82. The first-order valence-electron chi connectivity index (χ1n) is 9.00. The number of piperidine rings is 1. The maximum atomic E-state index is 12.0. The molecule has 0 spiro atoms. The number of nitrogens with zero attached hydrogens (tertiary/aromatic N) is 3. The topological polar surface area (TPSA) is 38.1 Å². The fourth-order valence-electron chi connectivity index (χ4n) is 3.60. The van der Waals surface area contributed by atoms with Crippen LogP contribution in [-0.2, 0) is 17.8 Å². The lowest BCUT2D eigenvalue weighted by molar-refractivity contribution is -0.132. The van der Waals surface area contributed by atoms with Crippen molar-refractivity contribution >= 4 is 5.91 Å². The average molecular weight is 325 g/mol. The number of carbonyl (C=O) groups excluding carboxylic acids is 1. The molecule has 1 aromatic heterocycles. The number of aryl methyl sites for hydroxylation is 1. The summed E-state index contributed by atoms with van der Waals surface area (Å²) in [5.74, 6) is 1.95. The number of hydrogen-bond donors (Lipinski definition) is 0. The van der Waals surface area contributed by atoms with Gasteiger partial charge in [0.2, 0.25) is 5.91 Å². The van der Waals surface area contributed by atoms with Crippen molar-refractivity contribution < 1.29 is 4.79 Å². The van der Waals surface area contributed by atoms with Crippen molar-refractivity contribution in [2.45, 2.75) is 46.1 Å². The van der Waals surface area contributed by atoms with Crippen molar-refractivity contribution in [3.05, 3.63) is 53.6 Å². The molecule has 1 aliphatic heterocycles. The highest BCUT2D eigenvalue weighted by atomic mass is 16.2. The minimum Gasteiger partial charge on any atom is -0.342 e. The van der Waals surface area contributed by atoms with Crippen LogP contribution in [0.4, 0.5) is 0 Å². The Kier molecular flexibility index (Phi) is 5.34. The van der Waals surface area contributed by atoms with Gasteiger partial charge >= 0.3 is 0 Å². The molecule has 24 heavy (non-hydrogen) atoms. The van der Waals surface area contributed by atoms with Crippen molar-refractivity contribution in [3.63, 3.8) is 0 Å². The van der Waals surface area contributed by atoms with Gasteiger partial charge in [0, 0.05) is 44.4 Å². The fourth-order valence-corrected chi connectivity index (χ4v) is 3.60. The van der Waals surface area contributed by atoms with E-state index in [4.69, 9.17) is 0 Å². The highest BCUT2D eigenvalue weighted by molar-refractivity contribution is 5.75. The molecule has 4 nitrogen and oxygen atoms in total. The minimum atomic E-state index is 0.281. The molecule has 1 fully saturated rings. The van der Waals surface area contributed by atoms with E-state index in [0.717, 1.165) is 38.3 Å². The summed E-state index contributed by atoms with van der Waals surface area (Å²) in [5.41, 5.74) is 2.50. The molecule has 1 aliphatic rings. The van der Waals surface area contributed by atoms with E-state index in [1.807, 2.05) is 24.1 Å². The van der Waals surface area contributed by atoms with E-state index >= 15 is 0 Å². The first-order valence-corrected chi connectivity index (χ1v) is 9.00. The molecule has 1 amide bonds. The quantitative estimate of drug-likeness (QED) is 0.845. The largest absolute Gasteiger partial charge is 0.342 e. The van der Waals surface area contributed by atoms with Crippen molar-refractivity contribution in [2.24, 2.45) is 5.92 Å². The van der Waals surface area contributed by atoms with Gasteiger partial charge in [0.1, 0.15) is 5.82 Å². The Morgan fingerprint density at radius 2 is 2.08 bits per heavy atom. The molecule has 3 rings (SSSR count). The smallest absolute Gasteiger partial charge is 0.222 e. The summed E-state index contributed by atoms with van der Waals surface area (Å²) in [7, 11) is 0. The van der Waals surface area contributed by atoms with Crippen molar-refractivity contribution in [1.29, 1.82) is 0 Å². The van der Waals surface area contributed by atoms with E-state index in [9.17, 15) is 4.79 Å². The SMILES string of the molecule is CCC(=O)N1CCCC(Cc2ncc(C)n2Cc2ccccc2)C1. The van der Waals surface area contributed by atoms with Gasteiger partial charge in [-0.15, -0.1) is 0 Å². The molecule has 4 heteroatoms. The molecular formula is C20H27N3O. The van der Waals surface area contributed by atoms with Gasteiger partial charge in [-0.3, -0.25) is 4.79 Å². The highest BCUT2D eigenvalue weighted by Crippen LogP contribution is 2.22. The number of hydrogen-bond acceptors (Lipinski definition) is 2. The Morgan fingerprint density at radius 1 is 1.29 bits per heavy atom. The van der Waals surface area contributed by atoms with E-state index in [0.29, 0.717) is 12.3 Å². The van der Waals surface area contributed by atoms with Gasteiger partial charge in [-0.1, -0.05) is 37.3 Å².